The lowest BCUT2D eigenvalue weighted by molar-refractivity contribution is 0.201. The molecule has 126 valence electrons. The zero-order valence-corrected chi connectivity index (χ0v) is 14.0. The molecule has 0 aliphatic rings. The Kier molecular flexibility index (Phi) is 5.71. The molecule has 2 aromatic carbocycles. The lowest BCUT2D eigenvalue weighted by Crippen LogP contribution is -2.21. The number of hydrogen-bond acceptors (Lipinski definition) is 4. The van der Waals surface area contributed by atoms with Gasteiger partial charge in [-0.15, -0.1) is 0 Å². The zero-order chi connectivity index (χ0) is 17.7. The van der Waals surface area contributed by atoms with Crippen LogP contribution in [0.25, 0.3) is 0 Å². The molecule has 0 aliphatic carbocycles. The van der Waals surface area contributed by atoms with Crippen LogP contribution in [0.3, 0.4) is 0 Å². The molecule has 0 spiro atoms. The lowest BCUT2D eigenvalue weighted by atomic mass is 10.1. The van der Waals surface area contributed by atoms with Crippen LogP contribution in [-0.4, -0.2) is 19.3 Å². The lowest BCUT2D eigenvalue weighted by Gasteiger charge is -2.19. The van der Waals surface area contributed by atoms with Gasteiger partial charge in [0.1, 0.15) is 5.82 Å². The van der Waals surface area contributed by atoms with E-state index in [1.165, 1.54) is 48.5 Å². The number of aliphatic hydroxyl groups is 1. The van der Waals surface area contributed by atoms with E-state index in [4.69, 9.17) is 5.26 Å². The van der Waals surface area contributed by atoms with Crippen LogP contribution < -0.4 is 0 Å². The third-order valence-electron chi connectivity index (χ3n) is 3.86. The van der Waals surface area contributed by atoms with Crippen molar-refractivity contribution in [3.8, 4) is 6.07 Å². The van der Waals surface area contributed by atoms with E-state index in [2.05, 4.69) is 0 Å². The molecule has 0 saturated heterocycles. The summed E-state index contributed by atoms with van der Waals surface area (Å²) in [5, 5.41) is 18.2. The predicted molar refractivity (Wildman–Crippen MR) is 89.3 cm³/mol. The molecule has 0 aliphatic heterocycles. The van der Waals surface area contributed by atoms with Crippen LogP contribution in [0.2, 0.25) is 0 Å². The van der Waals surface area contributed by atoms with Crippen molar-refractivity contribution >= 4 is 9.84 Å². The first-order valence-electron chi connectivity index (χ1n) is 7.52. The van der Waals surface area contributed by atoms with Crippen LogP contribution in [-0.2, 0) is 9.84 Å². The van der Waals surface area contributed by atoms with Crippen molar-refractivity contribution < 1.29 is 17.9 Å². The van der Waals surface area contributed by atoms with E-state index in [1.807, 2.05) is 6.07 Å². The van der Waals surface area contributed by atoms with Gasteiger partial charge in [-0.25, -0.2) is 12.8 Å². The Hall–Kier alpha value is -2.23. The third-order valence-corrected chi connectivity index (χ3v) is 6.11. The first kappa shape index (κ1) is 18.1. The van der Waals surface area contributed by atoms with Crippen molar-refractivity contribution in [1.29, 1.82) is 5.26 Å². The average molecular weight is 347 g/mol. The van der Waals surface area contributed by atoms with Gasteiger partial charge in [0.25, 0.3) is 0 Å². The molecule has 2 rings (SSSR count). The van der Waals surface area contributed by atoms with Gasteiger partial charge in [0.2, 0.25) is 0 Å². The first-order chi connectivity index (χ1) is 11.4. The summed E-state index contributed by atoms with van der Waals surface area (Å²) in [4.78, 5) is 0. The minimum atomic E-state index is -3.64. The number of nitriles is 1. The molecule has 0 bridgehead atoms. The minimum absolute atomic E-state index is 0.327. The standard InChI is InChI=1S/C18H18FNO3S/c1-2-18(15-7-9-16(19)10-8-15)24(22,23)12-17(21)14-5-3-13(11-20)4-6-14/h3-10,17-18,21H,2,12H2,1H3. The second-order valence-corrected chi connectivity index (χ2v) is 7.76. The van der Waals surface area contributed by atoms with Crippen LogP contribution in [0, 0.1) is 17.1 Å². The van der Waals surface area contributed by atoms with Gasteiger partial charge in [-0.3, -0.25) is 0 Å². The molecular weight excluding hydrogens is 329 g/mol. The van der Waals surface area contributed by atoms with Crippen LogP contribution in [0.4, 0.5) is 4.39 Å². The largest absolute Gasteiger partial charge is 0.387 e. The maximum atomic E-state index is 13.0. The molecule has 0 fully saturated rings. The van der Waals surface area contributed by atoms with Crippen LogP contribution in [0.1, 0.15) is 41.4 Å². The van der Waals surface area contributed by atoms with Crippen molar-refractivity contribution in [3.05, 3.63) is 71.0 Å². The minimum Gasteiger partial charge on any atom is -0.387 e. The number of sulfone groups is 1. The highest BCUT2D eigenvalue weighted by molar-refractivity contribution is 7.91. The fourth-order valence-electron chi connectivity index (χ4n) is 2.59. The van der Waals surface area contributed by atoms with Gasteiger partial charge in [0, 0.05) is 0 Å². The summed E-state index contributed by atoms with van der Waals surface area (Å²) in [7, 11) is -3.64. The Morgan fingerprint density at radius 1 is 1.08 bits per heavy atom. The monoisotopic (exact) mass is 347 g/mol. The normalized spacial score (nSPS) is 13.9. The van der Waals surface area contributed by atoms with E-state index in [1.54, 1.807) is 6.92 Å². The number of hydrogen-bond donors (Lipinski definition) is 1. The van der Waals surface area contributed by atoms with E-state index in [9.17, 15) is 17.9 Å². The highest BCUT2D eigenvalue weighted by atomic mass is 32.2. The number of halogens is 1. The van der Waals surface area contributed by atoms with Crippen LogP contribution in [0.5, 0.6) is 0 Å². The van der Waals surface area contributed by atoms with Gasteiger partial charge < -0.3 is 5.11 Å². The van der Waals surface area contributed by atoms with E-state index >= 15 is 0 Å². The molecule has 2 atom stereocenters. The quantitative estimate of drug-likeness (QED) is 0.870. The average Bonchev–Trinajstić information content (AvgIpc) is 2.56. The molecule has 1 N–H and O–H groups in total. The fraction of sp³-hybridized carbons (Fsp3) is 0.278. The first-order valence-corrected chi connectivity index (χ1v) is 9.24. The van der Waals surface area contributed by atoms with Gasteiger partial charge in [0.05, 0.1) is 28.7 Å². The Balaban J connectivity index is 2.21. The van der Waals surface area contributed by atoms with Gasteiger partial charge in [0.15, 0.2) is 9.84 Å². The summed E-state index contributed by atoms with van der Waals surface area (Å²) < 4.78 is 38.3. The molecule has 4 nitrogen and oxygen atoms in total. The number of nitrogens with zero attached hydrogens (tertiary/aromatic N) is 1. The topological polar surface area (TPSA) is 78.2 Å². The molecule has 24 heavy (non-hydrogen) atoms. The Morgan fingerprint density at radius 3 is 2.12 bits per heavy atom. The highest BCUT2D eigenvalue weighted by Crippen LogP contribution is 2.29. The SMILES string of the molecule is CCC(c1ccc(F)cc1)S(=O)(=O)CC(O)c1ccc(C#N)cc1. The molecule has 0 radical (unpaired) electrons. The third kappa shape index (κ3) is 4.19. The molecule has 6 heteroatoms. The van der Waals surface area contributed by atoms with Crippen molar-refractivity contribution in [2.45, 2.75) is 24.7 Å². The van der Waals surface area contributed by atoms with Gasteiger partial charge in [-0.1, -0.05) is 31.2 Å². The summed E-state index contributed by atoms with van der Waals surface area (Å²) in [6, 6.07) is 13.5. The molecule has 0 aromatic heterocycles. The van der Waals surface area contributed by atoms with E-state index in [-0.39, 0.29) is 0 Å². The van der Waals surface area contributed by atoms with Gasteiger partial charge in [-0.05, 0) is 41.8 Å². The maximum absolute atomic E-state index is 13.0. The summed E-state index contributed by atoms with van der Waals surface area (Å²) in [5.74, 6) is -0.863. The van der Waals surface area contributed by atoms with E-state index < -0.39 is 32.8 Å². The summed E-state index contributed by atoms with van der Waals surface area (Å²) in [6.45, 7) is 1.74. The summed E-state index contributed by atoms with van der Waals surface area (Å²) in [6.07, 6.45) is -0.856. The summed E-state index contributed by atoms with van der Waals surface area (Å²) in [5.41, 5.74) is 1.38. The van der Waals surface area contributed by atoms with Crippen molar-refractivity contribution in [2.75, 3.05) is 5.75 Å². The maximum Gasteiger partial charge on any atom is 0.160 e. The Morgan fingerprint density at radius 2 is 1.62 bits per heavy atom. The number of rotatable bonds is 6. The Labute approximate surface area is 141 Å². The summed E-state index contributed by atoms with van der Waals surface area (Å²) >= 11 is 0. The molecule has 2 unspecified atom stereocenters. The van der Waals surface area contributed by atoms with Crippen LogP contribution in [0.15, 0.2) is 48.5 Å². The van der Waals surface area contributed by atoms with Gasteiger partial charge in [-0.2, -0.15) is 5.26 Å². The van der Waals surface area contributed by atoms with E-state index in [0.29, 0.717) is 23.1 Å². The molecule has 0 saturated carbocycles. The fourth-order valence-corrected chi connectivity index (χ4v) is 4.53. The number of aliphatic hydroxyl groups excluding tert-OH is 1. The van der Waals surface area contributed by atoms with E-state index in [0.717, 1.165) is 0 Å². The zero-order valence-electron chi connectivity index (χ0n) is 13.2. The molecule has 2 aromatic rings. The van der Waals surface area contributed by atoms with Crippen molar-refractivity contribution in [3.63, 3.8) is 0 Å². The number of benzene rings is 2. The smallest absolute Gasteiger partial charge is 0.160 e. The second-order valence-electron chi connectivity index (χ2n) is 5.53. The molecule has 0 amide bonds. The van der Waals surface area contributed by atoms with Crippen molar-refractivity contribution in [1.82, 2.24) is 0 Å². The highest BCUT2D eigenvalue weighted by Gasteiger charge is 2.28. The van der Waals surface area contributed by atoms with Crippen LogP contribution >= 0.6 is 0 Å². The van der Waals surface area contributed by atoms with Crippen molar-refractivity contribution in [2.24, 2.45) is 0 Å². The van der Waals surface area contributed by atoms with Gasteiger partial charge >= 0.3 is 0 Å². The second kappa shape index (κ2) is 7.56. The Bertz CT molecular complexity index is 824. The molecular formula is C18H18FNO3S. The predicted octanol–water partition coefficient (Wildman–Crippen LogP) is 3.30. The molecule has 0 heterocycles.